The van der Waals surface area contributed by atoms with E-state index in [0.29, 0.717) is 47.6 Å². The third kappa shape index (κ3) is 6.14. The number of nitrogens with zero attached hydrogens (tertiary/aromatic N) is 4. The van der Waals surface area contributed by atoms with Crippen molar-refractivity contribution in [2.24, 2.45) is 29.6 Å². The molecule has 1 fully saturated rings. The third-order valence-corrected chi connectivity index (χ3v) is 14.2. The van der Waals surface area contributed by atoms with Crippen LogP contribution in [0, 0.1) is 29.6 Å². The summed E-state index contributed by atoms with van der Waals surface area (Å²) in [5.41, 5.74) is 6.66. The van der Waals surface area contributed by atoms with Gasteiger partial charge in [-0.05, 0) is 104 Å². The summed E-state index contributed by atoms with van der Waals surface area (Å²) < 4.78 is 7.26. The normalized spacial score (nSPS) is 36.1. The van der Waals surface area contributed by atoms with Gasteiger partial charge >= 0.3 is 0 Å². The number of rotatable bonds is 6. The smallest absolute Gasteiger partial charge is 0.163 e. The van der Waals surface area contributed by atoms with Crippen LogP contribution >= 0.6 is 0 Å². The van der Waals surface area contributed by atoms with Crippen LogP contribution in [0.4, 0.5) is 5.69 Å². The van der Waals surface area contributed by atoms with Crippen molar-refractivity contribution in [2.45, 2.75) is 93.9 Å². The van der Waals surface area contributed by atoms with Gasteiger partial charge in [0.25, 0.3) is 0 Å². The molecule has 7 aliphatic carbocycles. The molecule has 1 saturated heterocycles. The van der Waals surface area contributed by atoms with Crippen molar-refractivity contribution in [1.29, 1.82) is 0 Å². The number of hydrogen-bond donors (Lipinski definition) is 0. The monoisotopic (exact) mass is 736 g/mol. The van der Waals surface area contributed by atoms with Crippen LogP contribution in [0.25, 0.3) is 11.1 Å². The Morgan fingerprint density at radius 2 is 1.59 bits per heavy atom. The van der Waals surface area contributed by atoms with Gasteiger partial charge in [0, 0.05) is 29.0 Å². The number of para-hydroxylation sites is 1. The average molecular weight is 737 g/mol. The molecule has 1 aromatic heterocycles. The van der Waals surface area contributed by atoms with E-state index in [1.807, 2.05) is 0 Å². The Labute approximate surface area is 332 Å². The van der Waals surface area contributed by atoms with E-state index in [2.05, 4.69) is 145 Å². The Balaban J connectivity index is 0.901. The zero-order chi connectivity index (χ0) is 37.0. The summed E-state index contributed by atoms with van der Waals surface area (Å²) in [6, 6.07) is 9.70. The second kappa shape index (κ2) is 14.6. The SMILES string of the molecule is C1=CCC(C2C=CC=C(c3nc(C4=CC(C5CC=CCC5)CC=C4)nc(C4C=CC5C6=CCCC(N7c8ccccc8C8C=CC=CC87)C6OC5C4)n3)C2)C=C1. The number of fused-ring (bicyclic) bond motifs is 6. The maximum absolute atomic E-state index is 7.26. The van der Waals surface area contributed by atoms with E-state index in [-0.39, 0.29) is 18.1 Å². The quantitative estimate of drug-likeness (QED) is 0.276. The van der Waals surface area contributed by atoms with E-state index in [1.54, 1.807) is 0 Å². The number of anilines is 1. The van der Waals surface area contributed by atoms with Crippen molar-refractivity contribution in [2.75, 3.05) is 4.90 Å². The molecule has 5 heteroatoms. The summed E-state index contributed by atoms with van der Waals surface area (Å²) in [6.45, 7) is 0. The molecule has 9 aliphatic rings. The first-order valence-corrected chi connectivity index (χ1v) is 21.5. The van der Waals surface area contributed by atoms with E-state index in [9.17, 15) is 0 Å². The van der Waals surface area contributed by atoms with Crippen LogP contribution in [0.2, 0.25) is 0 Å². The van der Waals surface area contributed by atoms with Crippen molar-refractivity contribution in [3.63, 3.8) is 0 Å². The Kier molecular flexibility index (Phi) is 8.95. The summed E-state index contributed by atoms with van der Waals surface area (Å²) in [5.74, 6) is 5.42. The molecule has 11 unspecified atom stereocenters. The van der Waals surface area contributed by atoms with Crippen LogP contribution in [-0.4, -0.2) is 39.2 Å². The van der Waals surface area contributed by atoms with Gasteiger partial charge in [-0.25, -0.2) is 15.0 Å². The molecule has 56 heavy (non-hydrogen) atoms. The van der Waals surface area contributed by atoms with E-state index in [4.69, 9.17) is 19.7 Å². The molecule has 0 spiro atoms. The van der Waals surface area contributed by atoms with Crippen molar-refractivity contribution < 1.29 is 4.74 Å². The molecular formula is C51H52N4O. The number of benzene rings is 1. The molecular weight excluding hydrogens is 685 g/mol. The zero-order valence-electron chi connectivity index (χ0n) is 32.2. The van der Waals surface area contributed by atoms with Gasteiger partial charge in [0.15, 0.2) is 11.6 Å². The summed E-state index contributed by atoms with van der Waals surface area (Å²) >= 11 is 0. The topological polar surface area (TPSA) is 51.1 Å². The van der Waals surface area contributed by atoms with Crippen molar-refractivity contribution in [3.8, 4) is 0 Å². The zero-order valence-corrected chi connectivity index (χ0v) is 32.2. The van der Waals surface area contributed by atoms with Gasteiger partial charge in [-0.2, -0.15) is 0 Å². The molecule has 3 heterocycles. The largest absolute Gasteiger partial charge is 0.367 e. The fourth-order valence-corrected chi connectivity index (χ4v) is 11.4. The lowest BCUT2D eigenvalue weighted by Gasteiger charge is -2.41. The average Bonchev–Trinajstić information content (AvgIpc) is 3.82. The van der Waals surface area contributed by atoms with E-state index in [0.717, 1.165) is 68.0 Å². The second-order valence-electron chi connectivity index (χ2n) is 17.4. The maximum Gasteiger partial charge on any atom is 0.163 e. The fourth-order valence-electron chi connectivity index (χ4n) is 11.4. The third-order valence-electron chi connectivity index (χ3n) is 14.2. The molecule has 11 atom stereocenters. The molecule has 282 valence electrons. The van der Waals surface area contributed by atoms with Crippen LogP contribution in [0.15, 0.2) is 145 Å². The molecule has 1 aromatic carbocycles. The van der Waals surface area contributed by atoms with Crippen LogP contribution < -0.4 is 4.90 Å². The molecule has 0 N–H and O–H groups in total. The summed E-state index contributed by atoms with van der Waals surface area (Å²) in [6.07, 6.45) is 54.3. The molecule has 2 aromatic rings. The standard InChI is InChI=1S/C51H52N4O/c1-3-14-33(15-4-1)35-18-11-20-37(30-35)49-52-50(38-21-12-19-36(31-38)34-16-5-2-6-17-34)54-51(53-49)39-28-29-42-43-24-13-27-46(48(43)56-47(42)32-39)55-44-25-9-7-22-40(44)41-23-8-10-26-45(41)55/h1-5,7-12,14,18,20-26,28-29,31,33-36,39-40,42,44,46-48H,6,13,15-17,19,27,30,32H2. The van der Waals surface area contributed by atoms with Gasteiger partial charge in [-0.1, -0.05) is 134 Å². The predicted molar refractivity (Wildman–Crippen MR) is 227 cm³/mol. The van der Waals surface area contributed by atoms with Gasteiger partial charge < -0.3 is 9.64 Å². The molecule has 5 nitrogen and oxygen atoms in total. The minimum Gasteiger partial charge on any atom is -0.367 e. The lowest BCUT2D eigenvalue weighted by Crippen LogP contribution is -2.49. The van der Waals surface area contributed by atoms with Gasteiger partial charge in [-0.15, -0.1) is 0 Å². The minimum absolute atomic E-state index is 0.0636. The lowest BCUT2D eigenvalue weighted by molar-refractivity contribution is 0.0175. The van der Waals surface area contributed by atoms with Gasteiger partial charge in [0.1, 0.15) is 5.82 Å². The molecule has 0 saturated carbocycles. The van der Waals surface area contributed by atoms with Crippen LogP contribution in [0.5, 0.6) is 0 Å². The van der Waals surface area contributed by atoms with Crippen LogP contribution in [0.1, 0.15) is 92.7 Å². The summed E-state index contributed by atoms with van der Waals surface area (Å²) in [7, 11) is 0. The Hall–Kier alpha value is -4.87. The molecule has 0 bridgehead atoms. The van der Waals surface area contributed by atoms with E-state index in [1.165, 1.54) is 35.2 Å². The molecule has 2 aliphatic heterocycles. The highest BCUT2D eigenvalue weighted by Gasteiger charge is 2.50. The number of aromatic nitrogens is 3. The Bertz CT molecular complexity index is 2230. The number of hydrogen-bond acceptors (Lipinski definition) is 5. The highest BCUT2D eigenvalue weighted by atomic mass is 16.5. The van der Waals surface area contributed by atoms with Crippen molar-refractivity contribution in [3.05, 3.63) is 168 Å². The molecule has 0 amide bonds. The van der Waals surface area contributed by atoms with E-state index >= 15 is 0 Å². The van der Waals surface area contributed by atoms with Crippen LogP contribution in [0.3, 0.4) is 0 Å². The first-order chi connectivity index (χ1) is 27.7. The first kappa shape index (κ1) is 34.4. The molecule has 0 radical (unpaired) electrons. The Morgan fingerprint density at radius 1 is 0.696 bits per heavy atom. The first-order valence-electron chi connectivity index (χ1n) is 21.5. The maximum atomic E-state index is 7.26. The highest BCUT2D eigenvalue weighted by Crippen LogP contribution is 2.51. The Morgan fingerprint density at radius 3 is 2.52 bits per heavy atom. The summed E-state index contributed by atoms with van der Waals surface area (Å²) in [5, 5.41) is 0. The van der Waals surface area contributed by atoms with Gasteiger partial charge in [-0.3, -0.25) is 0 Å². The lowest BCUT2D eigenvalue weighted by atomic mass is 9.78. The van der Waals surface area contributed by atoms with Crippen molar-refractivity contribution in [1.82, 2.24) is 15.0 Å². The van der Waals surface area contributed by atoms with Crippen molar-refractivity contribution >= 4 is 16.8 Å². The van der Waals surface area contributed by atoms with Gasteiger partial charge in [0.05, 0.1) is 24.3 Å². The minimum atomic E-state index is 0.0636. The highest BCUT2D eigenvalue weighted by molar-refractivity contribution is 5.73. The predicted octanol–water partition coefficient (Wildman–Crippen LogP) is 10.9. The number of ether oxygens (including phenoxy) is 1. The fraction of sp³-hybridized carbons (Fsp3) is 0.392. The van der Waals surface area contributed by atoms with E-state index < -0.39 is 0 Å². The number of allylic oxidation sites excluding steroid dienone is 18. The molecule has 11 rings (SSSR count). The van der Waals surface area contributed by atoms with Gasteiger partial charge in [0.2, 0.25) is 0 Å². The van der Waals surface area contributed by atoms with Crippen LogP contribution in [-0.2, 0) is 4.74 Å². The summed E-state index contributed by atoms with van der Waals surface area (Å²) in [4.78, 5) is 18.7. The second-order valence-corrected chi connectivity index (χ2v) is 17.4.